The third-order valence-electron chi connectivity index (χ3n) is 4.44. The zero-order valence-electron chi connectivity index (χ0n) is 14.0. The highest BCUT2D eigenvalue weighted by molar-refractivity contribution is 7.09. The van der Waals surface area contributed by atoms with Crippen molar-refractivity contribution in [2.24, 2.45) is 0 Å². The Morgan fingerprint density at radius 1 is 1.33 bits per heavy atom. The lowest BCUT2D eigenvalue weighted by atomic mass is 9.97. The summed E-state index contributed by atoms with van der Waals surface area (Å²) >= 11 is 1.67. The van der Waals surface area contributed by atoms with Crippen LogP contribution in [0.1, 0.15) is 36.8 Å². The number of benzene rings is 1. The van der Waals surface area contributed by atoms with Crippen molar-refractivity contribution in [3.05, 3.63) is 58.0 Å². The van der Waals surface area contributed by atoms with Crippen molar-refractivity contribution in [3.63, 3.8) is 0 Å². The Morgan fingerprint density at radius 3 is 2.83 bits per heavy atom. The normalized spacial score (nSPS) is 20.1. The fourth-order valence-corrected chi connectivity index (χ4v) is 3.74. The Balaban J connectivity index is 1.71. The maximum Gasteiger partial charge on any atom is 0.223 e. The lowest BCUT2D eigenvalue weighted by Gasteiger charge is -2.45. The number of ether oxygens (including phenoxy) is 1. The van der Waals surface area contributed by atoms with Gasteiger partial charge in [-0.05, 0) is 37.8 Å². The predicted octanol–water partition coefficient (Wildman–Crippen LogP) is 4.20. The molecular weight excluding hydrogens is 325 g/mol. The molecule has 2 aromatic rings. The third kappa shape index (κ3) is 3.68. The number of hydrogen-bond donors (Lipinski definition) is 0. The second-order valence-corrected chi connectivity index (χ2v) is 7.75. The number of amides is 1. The van der Waals surface area contributed by atoms with Gasteiger partial charge in [-0.2, -0.15) is 0 Å². The smallest absolute Gasteiger partial charge is 0.223 e. The molecule has 2 heterocycles. The van der Waals surface area contributed by atoms with E-state index in [1.165, 1.54) is 10.9 Å². The summed E-state index contributed by atoms with van der Waals surface area (Å²) in [7, 11) is 0. The maximum atomic E-state index is 14.0. The monoisotopic (exact) mass is 347 g/mol. The van der Waals surface area contributed by atoms with Gasteiger partial charge in [0.15, 0.2) is 0 Å². The minimum atomic E-state index is -0.412. The number of carbonyl (C=O) groups is 1. The molecule has 0 aliphatic carbocycles. The van der Waals surface area contributed by atoms with E-state index in [1.54, 1.807) is 29.5 Å². The van der Waals surface area contributed by atoms with Crippen LogP contribution in [0.2, 0.25) is 0 Å². The first kappa shape index (κ1) is 17.1. The molecular formula is C19H22FNO2S. The number of halogens is 1. The fourth-order valence-electron chi connectivity index (χ4n) is 3.03. The van der Waals surface area contributed by atoms with Crippen LogP contribution in [0, 0.1) is 5.82 Å². The first-order valence-corrected chi connectivity index (χ1v) is 9.04. The Labute approximate surface area is 146 Å². The van der Waals surface area contributed by atoms with Crippen molar-refractivity contribution in [2.45, 2.75) is 38.3 Å². The number of rotatable bonds is 4. The van der Waals surface area contributed by atoms with Crippen molar-refractivity contribution in [1.29, 1.82) is 0 Å². The highest BCUT2D eigenvalue weighted by Gasteiger charge is 2.38. The van der Waals surface area contributed by atoms with Gasteiger partial charge in [0.25, 0.3) is 0 Å². The van der Waals surface area contributed by atoms with E-state index >= 15 is 0 Å². The Kier molecular flexibility index (Phi) is 5.01. The average Bonchev–Trinajstić information content (AvgIpc) is 3.07. The molecule has 1 atom stereocenters. The topological polar surface area (TPSA) is 29.5 Å². The second-order valence-electron chi connectivity index (χ2n) is 6.72. The molecule has 1 aromatic heterocycles. The van der Waals surface area contributed by atoms with Crippen LogP contribution >= 0.6 is 11.3 Å². The van der Waals surface area contributed by atoms with Gasteiger partial charge in [0, 0.05) is 16.9 Å². The summed E-state index contributed by atoms with van der Waals surface area (Å²) in [4.78, 5) is 15.8. The zero-order chi connectivity index (χ0) is 17.2. The first-order valence-electron chi connectivity index (χ1n) is 8.16. The van der Waals surface area contributed by atoms with Gasteiger partial charge in [0.2, 0.25) is 5.91 Å². The number of thiophene rings is 1. The van der Waals surface area contributed by atoms with E-state index in [4.69, 9.17) is 4.74 Å². The van der Waals surface area contributed by atoms with Crippen molar-refractivity contribution < 1.29 is 13.9 Å². The lowest BCUT2D eigenvalue weighted by molar-refractivity contribution is -0.155. The third-order valence-corrected chi connectivity index (χ3v) is 5.37. The summed E-state index contributed by atoms with van der Waals surface area (Å²) in [6.45, 7) is 4.77. The van der Waals surface area contributed by atoms with Crippen LogP contribution in [0.5, 0.6) is 0 Å². The van der Waals surface area contributed by atoms with E-state index in [1.807, 2.05) is 36.3 Å². The number of carbonyl (C=O) groups excluding carboxylic acids is 1. The van der Waals surface area contributed by atoms with Crippen molar-refractivity contribution in [3.8, 4) is 0 Å². The highest BCUT2D eigenvalue weighted by Crippen LogP contribution is 2.32. The van der Waals surface area contributed by atoms with Crippen molar-refractivity contribution >= 4 is 17.2 Å². The highest BCUT2D eigenvalue weighted by atomic mass is 32.1. The van der Waals surface area contributed by atoms with E-state index in [-0.39, 0.29) is 17.3 Å². The van der Waals surface area contributed by atoms with Gasteiger partial charge in [-0.25, -0.2) is 4.39 Å². The fraction of sp³-hybridized carbons (Fsp3) is 0.421. The molecule has 0 N–H and O–H groups in total. The molecule has 3 nitrogen and oxygen atoms in total. The molecule has 128 valence electrons. The SMILES string of the molecule is CC1(C)COC(c2ccccc2F)CN1C(=O)CCc1cccs1. The van der Waals surface area contributed by atoms with E-state index < -0.39 is 6.10 Å². The molecule has 24 heavy (non-hydrogen) atoms. The largest absolute Gasteiger partial charge is 0.369 e. The molecule has 3 rings (SSSR count). The maximum absolute atomic E-state index is 14.0. The first-order chi connectivity index (χ1) is 11.5. The molecule has 0 saturated carbocycles. The van der Waals surface area contributed by atoms with Gasteiger partial charge in [-0.3, -0.25) is 4.79 Å². The van der Waals surface area contributed by atoms with Crippen LogP contribution in [0.25, 0.3) is 0 Å². The molecule has 1 saturated heterocycles. The Morgan fingerprint density at radius 2 is 2.12 bits per heavy atom. The number of aryl methyl sites for hydroxylation is 1. The molecule has 1 aliphatic heterocycles. The molecule has 0 radical (unpaired) electrons. The quantitative estimate of drug-likeness (QED) is 0.830. The lowest BCUT2D eigenvalue weighted by Crippen LogP contribution is -2.56. The van der Waals surface area contributed by atoms with Gasteiger partial charge in [-0.1, -0.05) is 24.3 Å². The second kappa shape index (κ2) is 7.03. The Bertz CT molecular complexity index is 699. The van der Waals surface area contributed by atoms with Crippen LogP contribution in [-0.4, -0.2) is 29.5 Å². The van der Waals surface area contributed by atoms with E-state index in [0.717, 1.165) is 6.42 Å². The zero-order valence-corrected chi connectivity index (χ0v) is 14.8. The van der Waals surface area contributed by atoms with Gasteiger partial charge < -0.3 is 9.64 Å². The summed E-state index contributed by atoms with van der Waals surface area (Å²) in [6.07, 6.45) is 0.798. The summed E-state index contributed by atoms with van der Waals surface area (Å²) in [5, 5.41) is 2.02. The molecule has 1 unspecified atom stereocenters. The molecule has 0 bridgehead atoms. The van der Waals surface area contributed by atoms with Gasteiger partial charge >= 0.3 is 0 Å². The number of nitrogens with zero attached hydrogens (tertiary/aromatic N) is 1. The minimum Gasteiger partial charge on any atom is -0.369 e. The minimum absolute atomic E-state index is 0.0954. The average molecular weight is 347 g/mol. The van der Waals surface area contributed by atoms with E-state index in [0.29, 0.717) is 25.1 Å². The number of hydrogen-bond acceptors (Lipinski definition) is 3. The predicted molar refractivity (Wildman–Crippen MR) is 93.5 cm³/mol. The van der Waals surface area contributed by atoms with Crippen LogP contribution in [0.3, 0.4) is 0 Å². The van der Waals surface area contributed by atoms with E-state index in [9.17, 15) is 9.18 Å². The van der Waals surface area contributed by atoms with Crippen LogP contribution in [0.15, 0.2) is 41.8 Å². The summed E-state index contributed by atoms with van der Waals surface area (Å²) in [5.74, 6) is -0.189. The molecule has 1 amide bonds. The molecule has 1 aliphatic rings. The van der Waals surface area contributed by atoms with Gasteiger partial charge in [0.05, 0.1) is 18.7 Å². The standard InChI is InChI=1S/C19H22FNO2S/c1-19(2)13-23-17(15-7-3-4-8-16(15)20)12-21(19)18(22)10-9-14-6-5-11-24-14/h3-8,11,17H,9-10,12-13H2,1-2H3. The molecule has 1 fully saturated rings. The number of morpholine rings is 1. The summed E-state index contributed by atoms with van der Waals surface area (Å²) in [5.41, 5.74) is 0.137. The van der Waals surface area contributed by atoms with Gasteiger partial charge in [-0.15, -0.1) is 11.3 Å². The van der Waals surface area contributed by atoms with Crippen molar-refractivity contribution in [1.82, 2.24) is 4.90 Å². The van der Waals surface area contributed by atoms with Gasteiger partial charge in [0.1, 0.15) is 11.9 Å². The van der Waals surface area contributed by atoms with Crippen LogP contribution in [0.4, 0.5) is 4.39 Å². The van der Waals surface area contributed by atoms with Crippen LogP contribution in [-0.2, 0) is 16.0 Å². The molecule has 1 aromatic carbocycles. The Hall–Kier alpha value is -1.72. The summed E-state index contributed by atoms with van der Waals surface area (Å²) < 4.78 is 19.9. The molecule has 0 spiro atoms. The molecule has 5 heteroatoms. The van der Waals surface area contributed by atoms with E-state index in [2.05, 4.69) is 0 Å². The van der Waals surface area contributed by atoms with Crippen molar-refractivity contribution in [2.75, 3.05) is 13.2 Å². The summed E-state index contributed by atoms with van der Waals surface area (Å²) in [6, 6.07) is 10.7. The van der Waals surface area contributed by atoms with Crippen LogP contribution < -0.4 is 0 Å².